The second-order valence-electron chi connectivity index (χ2n) is 9.82. The van der Waals surface area contributed by atoms with Gasteiger partial charge in [0.1, 0.15) is 0 Å². The Bertz CT molecular complexity index is 1650. The van der Waals surface area contributed by atoms with Crippen molar-refractivity contribution in [2.24, 2.45) is 0 Å². The molecule has 6 rings (SSSR count). The lowest BCUT2D eigenvalue weighted by atomic mass is 10.0. The third kappa shape index (κ3) is 5.13. The normalized spacial score (nSPS) is 16.8. The van der Waals surface area contributed by atoms with Gasteiger partial charge in [-0.25, -0.2) is 0 Å². The molecule has 1 aliphatic rings. The minimum atomic E-state index is -0.160. The van der Waals surface area contributed by atoms with Crippen LogP contribution in [0.3, 0.4) is 0 Å². The average molecular weight is 532 g/mol. The predicted octanol–water partition coefficient (Wildman–Crippen LogP) is 6.34. The fourth-order valence-electron chi connectivity index (χ4n) is 5.33. The van der Waals surface area contributed by atoms with Crippen molar-refractivity contribution < 1.29 is 4.79 Å². The molecule has 0 saturated carbocycles. The zero-order chi connectivity index (χ0) is 26.8. The summed E-state index contributed by atoms with van der Waals surface area (Å²) in [4.78, 5) is 19.7. The Balaban J connectivity index is 1.32. The molecule has 2 N–H and O–H groups in total. The Morgan fingerprint density at radius 2 is 1.79 bits per heavy atom. The lowest BCUT2D eigenvalue weighted by molar-refractivity contribution is -0.116. The maximum Gasteiger partial charge on any atom is 0.226 e. The van der Waals surface area contributed by atoms with E-state index in [0.717, 1.165) is 28.3 Å². The van der Waals surface area contributed by atoms with Crippen molar-refractivity contribution in [2.45, 2.75) is 25.4 Å². The molecule has 2 atom stereocenters. The van der Waals surface area contributed by atoms with Crippen LogP contribution in [0.4, 0.5) is 5.69 Å². The molecule has 0 bridgehead atoms. The standard InChI is InChI=1S/C32H29N5OS/c1-22-8-6-11-25(20-22)34-29(38)16-19-37-31(30(35-32(37)39)27-12-4-5-17-33-27)28-13-7-18-36(28)26-15-14-23-9-2-3-10-24(23)21-26/h2-15,17-18,20-21,30-31H,16,19H2,1H3,(H,34,38)(H,35,39)/t30-,31-/m0/s1. The van der Waals surface area contributed by atoms with Crippen molar-refractivity contribution in [1.29, 1.82) is 0 Å². The molecule has 0 radical (unpaired) electrons. The summed E-state index contributed by atoms with van der Waals surface area (Å²) in [5, 5.41) is 9.52. The Hall–Kier alpha value is -4.49. The number of pyridine rings is 1. The number of fused-ring (bicyclic) bond motifs is 1. The molecule has 2 aromatic heterocycles. The Labute approximate surface area is 233 Å². The monoisotopic (exact) mass is 531 g/mol. The van der Waals surface area contributed by atoms with E-state index < -0.39 is 0 Å². The molecule has 7 heteroatoms. The summed E-state index contributed by atoms with van der Waals surface area (Å²) in [5.74, 6) is -0.0478. The molecular formula is C32H29N5OS. The van der Waals surface area contributed by atoms with Crippen LogP contribution < -0.4 is 10.6 Å². The van der Waals surface area contributed by atoms with Crippen molar-refractivity contribution in [3.05, 3.63) is 126 Å². The number of benzene rings is 3. The summed E-state index contributed by atoms with van der Waals surface area (Å²) in [6, 6.07) is 32.5. The van der Waals surface area contributed by atoms with Crippen LogP contribution in [-0.4, -0.2) is 32.0 Å². The number of carbonyl (C=O) groups excluding carboxylic acids is 1. The average Bonchev–Trinajstić information content (AvgIpc) is 3.56. The number of aryl methyl sites for hydroxylation is 1. The highest BCUT2D eigenvalue weighted by Gasteiger charge is 2.41. The summed E-state index contributed by atoms with van der Waals surface area (Å²) in [6.07, 6.45) is 4.19. The molecular weight excluding hydrogens is 502 g/mol. The fourth-order valence-corrected chi connectivity index (χ4v) is 5.66. The largest absolute Gasteiger partial charge is 0.352 e. The van der Waals surface area contributed by atoms with E-state index in [4.69, 9.17) is 12.2 Å². The van der Waals surface area contributed by atoms with Crippen LogP contribution in [0.25, 0.3) is 16.5 Å². The molecule has 1 saturated heterocycles. The maximum atomic E-state index is 12.9. The highest BCUT2D eigenvalue weighted by Crippen LogP contribution is 2.39. The molecule has 3 aromatic carbocycles. The molecule has 3 heterocycles. The van der Waals surface area contributed by atoms with Crippen molar-refractivity contribution in [1.82, 2.24) is 19.8 Å². The summed E-state index contributed by atoms with van der Waals surface area (Å²) in [5.41, 5.74) is 4.96. The summed E-state index contributed by atoms with van der Waals surface area (Å²) < 4.78 is 2.21. The lowest BCUT2D eigenvalue weighted by Gasteiger charge is -2.29. The first-order chi connectivity index (χ1) is 19.1. The molecule has 0 spiro atoms. The predicted molar refractivity (Wildman–Crippen MR) is 160 cm³/mol. The van der Waals surface area contributed by atoms with E-state index in [1.165, 1.54) is 10.8 Å². The van der Waals surface area contributed by atoms with Gasteiger partial charge in [0, 0.05) is 42.4 Å². The zero-order valence-corrected chi connectivity index (χ0v) is 22.4. The Morgan fingerprint density at radius 1 is 0.949 bits per heavy atom. The van der Waals surface area contributed by atoms with Gasteiger partial charge in [-0.1, -0.05) is 48.5 Å². The van der Waals surface area contributed by atoms with Gasteiger partial charge in [-0.05, 0) is 84.0 Å². The number of carbonyl (C=O) groups is 1. The van der Waals surface area contributed by atoms with Gasteiger partial charge in [0.2, 0.25) is 5.91 Å². The van der Waals surface area contributed by atoms with Crippen LogP contribution in [0.15, 0.2) is 109 Å². The number of nitrogens with one attached hydrogen (secondary N) is 2. The van der Waals surface area contributed by atoms with Crippen molar-refractivity contribution in [3.63, 3.8) is 0 Å². The van der Waals surface area contributed by atoms with Gasteiger partial charge in [-0.3, -0.25) is 9.78 Å². The number of amides is 1. The molecule has 39 heavy (non-hydrogen) atoms. The lowest BCUT2D eigenvalue weighted by Crippen LogP contribution is -2.33. The van der Waals surface area contributed by atoms with Crippen molar-refractivity contribution in [2.75, 3.05) is 11.9 Å². The van der Waals surface area contributed by atoms with Gasteiger partial charge in [-0.2, -0.15) is 0 Å². The number of hydrogen-bond acceptors (Lipinski definition) is 3. The maximum absolute atomic E-state index is 12.9. The van der Waals surface area contributed by atoms with Crippen molar-refractivity contribution in [3.8, 4) is 5.69 Å². The fraction of sp³-hybridized carbons (Fsp3) is 0.156. The van der Waals surface area contributed by atoms with Crippen LogP contribution in [0.1, 0.15) is 35.5 Å². The molecule has 5 aromatic rings. The second kappa shape index (κ2) is 10.7. The molecule has 6 nitrogen and oxygen atoms in total. The van der Waals surface area contributed by atoms with Gasteiger partial charge in [0.05, 0.1) is 17.8 Å². The quantitative estimate of drug-likeness (QED) is 0.240. The highest BCUT2D eigenvalue weighted by molar-refractivity contribution is 7.80. The SMILES string of the molecule is Cc1cccc(NC(=O)CCN2C(=S)N[C@@H](c3ccccn3)[C@@H]2c2cccn2-c2ccc3ccccc3c2)c1. The molecule has 1 amide bonds. The second-order valence-corrected chi connectivity index (χ2v) is 10.2. The van der Waals surface area contributed by atoms with Crippen LogP contribution in [0.5, 0.6) is 0 Å². The first kappa shape index (κ1) is 24.8. The third-order valence-corrected chi connectivity index (χ3v) is 7.53. The van der Waals surface area contributed by atoms with E-state index in [-0.39, 0.29) is 18.0 Å². The van der Waals surface area contributed by atoms with Gasteiger partial charge < -0.3 is 20.1 Å². The van der Waals surface area contributed by atoms with Gasteiger partial charge in [0.25, 0.3) is 0 Å². The number of hydrogen-bond donors (Lipinski definition) is 2. The minimum Gasteiger partial charge on any atom is -0.352 e. The van der Waals surface area contributed by atoms with E-state index in [9.17, 15) is 4.79 Å². The first-order valence-electron chi connectivity index (χ1n) is 13.1. The van der Waals surface area contributed by atoms with E-state index in [0.29, 0.717) is 18.1 Å². The van der Waals surface area contributed by atoms with Crippen LogP contribution >= 0.6 is 12.2 Å². The highest BCUT2D eigenvalue weighted by atomic mass is 32.1. The van der Waals surface area contributed by atoms with Crippen LogP contribution in [0, 0.1) is 6.92 Å². The number of nitrogens with zero attached hydrogens (tertiary/aromatic N) is 3. The zero-order valence-electron chi connectivity index (χ0n) is 21.6. The molecule has 1 aliphatic heterocycles. The van der Waals surface area contributed by atoms with E-state index >= 15 is 0 Å². The van der Waals surface area contributed by atoms with Crippen molar-refractivity contribution >= 4 is 39.7 Å². The topological polar surface area (TPSA) is 62.2 Å². The first-order valence-corrected chi connectivity index (χ1v) is 13.5. The number of aromatic nitrogens is 2. The van der Waals surface area contributed by atoms with Crippen LogP contribution in [0.2, 0.25) is 0 Å². The summed E-state index contributed by atoms with van der Waals surface area (Å²) in [6.45, 7) is 2.48. The smallest absolute Gasteiger partial charge is 0.226 e. The van der Waals surface area contributed by atoms with E-state index in [1.807, 2.05) is 49.4 Å². The minimum absolute atomic E-state index is 0.0478. The molecule has 194 valence electrons. The van der Waals surface area contributed by atoms with Crippen LogP contribution in [-0.2, 0) is 4.79 Å². The number of thiocarbonyl (C=S) groups is 1. The Morgan fingerprint density at radius 3 is 2.62 bits per heavy atom. The Kier molecular flexibility index (Phi) is 6.82. The van der Waals surface area contributed by atoms with E-state index in [1.54, 1.807) is 6.20 Å². The van der Waals surface area contributed by atoms with Gasteiger partial charge >= 0.3 is 0 Å². The van der Waals surface area contributed by atoms with Gasteiger partial charge in [-0.15, -0.1) is 0 Å². The molecule has 0 aliphatic carbocycles. The van der Waals surface area contributed by atoms with E-state index in [2.05, 4.69) is 85.9 Å². The van der Waals surface area contributed by atoms with Gasteiger partial charge in [0.15, 0.2) is 5.11 Å². The number of anilines is 1. The summed E-state index contributed by atoms with van der Waals surface area (Å²) >= 11 is 5.84. The molecule has 1 fully saturated rings. The molecule has 0 unspecified atom stereocenters. The third-order valence-electron chi connectivity index (χ3n) is 7.17. The number of rotatable bonds is 7. The summed E-state index contributed by atoms with van der Waals surface area (Å²) in [7, 11) is 0.